The van der Waals surface area contributed by atoms with Gasteiger partial charge in [0.05, 0.1) is 6.54 Å². The second-order valence-electron chi connectivity index (χ2n) is 6.16. The van der Waals surface area contributed by atoms with Gasteiger partial charge in [0, 0.05) is 31.4 Å². The van der Waals surface area contributed by atoms with Crippen molar-refractivity contribution in [2.75, 3.05) is 31.1 Å². The van der Waals surface area contributed by atoms with Gasteiger partial charge in [-0.3, -0.25) is 4.99 Å². The van der Waals surface area contributed by atoms with Crippen LogP contribution >= 0.6 is 24.0 Å². The summed E-state index contributed by atoms with van der Waals surface area (Å²) in [7, 11) is 0. The predicted octanol–water partition coefficient (Wildman–Crippen LogP) is 2.86. The van der Waals surface area contributed by atoms with Crippen LogP contribution in [0.1, 0.15) is 31.7 Å². The summed E-state index contributed by atoms with van der Waals surface area (Å²) in [6, 6.07) is 9.26. The molecule has 2 aliphatic rings. The van der Waals surface area contributed by atoms with Crippen LogP contribution in [0.15, 0.2) is 29.3 Å². The highest BCUT2D eigenvalue weighted by Gasteiger charge is 2.24. The molecule has 1 aromatic carbocycles. The second-order valence-corrected chi connectivity index (χ2v) is 6.16. The number of nitrogens with two attached hydrogens (primary N) is 1. The maximum absolute atomic E-state index is 6.12. The molecule has 0 radical (unpaired) electrons. The number of anilines is 1. The van der Waals surface area contributed by atoms with Gasteiger partial charge in [0.15, 0.2) is 5.96 Å². The molecular weight excluding hydrogens is 387 g/mol. The third-order valence-corrected chi connectivity index (χ3v) is 4.64. The highest BCUT2D eigenvalue weighted by molar-refractivity contribution is 14.0. The summed E-state index contributed by atoms with van der Waals surface area (Å²) in [4.78, 5) is 9.29. The summed E-state index contributed by atoms with van der Waals surface area (Å²) >= 11 is 0. The van der Waals surface area contributed by atoms with Gasteiger partial charge in [-0.25, -0.2) is 0 Å². The number of hydrogen-bond acceptors (Lipinski definition) is 2. The number of para-hydroxylation sites is 1. The van der Waals surface area contributed by atoms with Crippen LogP contribution in [0.2, 0.25) is 0 Å². The molecule has 0 spiro atoms. The summed E-state index contributed by atoms with van der Waals surface area (Å²) in [6.07, 6.45) is 4.95. The van der Waals surface area contributed by atoms with Gasteiger partial charge in [-0.05, 0) is 44.2 Å². The molecule has 1 atom stereocenters. The van der Waals surface area contributed by atoms with Crippen LogP contribution in [-0.4, -0.2) is 43.1 Å². The topological polar surface area (TPSA) is 44.9 Å². The smallest absolute Gasteiger partial charge is 0.191 e. The quantitative estimate of drug-likeness (QED) is 0.470. The number of benzene rings is 1. The number of rotatable bonds is 3. The molecule has 2 heterocycles. The van der Waals surface area contributed by atoms with Crippen molar-refractivity contribution in [1.82, 2.24) is 4.90 Å². The SMILES string of the molecule is CC1Cc2ccccc2N1CCN=C(N)N1CCCCC1.I. The lowest BCUT2D eigenvalue weighted by Gasteiger charge is -2.28. The van der Waals surface area contributed by atoms with E-state index in [1.54, 1.807) is 0 Å². The molecule has 3 rings (SSSR count). The molecule has 1 fully saturated rings. The summed E-state index contributed by atoms with van der Waals surface area (Å²) in [5.41, 5.74) is 8.95. The minimum absolute atomic E-state index is 0. The molecule has 0 aliphatic carbocycles. The normalized spacial score (nSPS) is 21.5. The first-order chi connectivity index (χ1) is 10.3. The summed E-state index contributed by atoms with van der Waals surface area (Å²) in [6.45, 7) is 6.15. The van der Waals surface area contributed by atoms with Gasteiger partial charge < -0.3 is 15.5 Å². The molecule has 0 amide bonds. The second kappa shape index (κ2) is 8.04. The monoisotopic (exact) mass is 414 g/mol. The first-order valence-electron chi connectivity index (χ1n) is 8.15. The molecule has 4 nitrogen and oxygen atoms in total. The number of piperidine rings is 1. The summed E-state index contributed by atoms with van der Waals surface area (Å²) < 4.78 is 0. The number of guanidine groups is 1. The molecule has 2 N–H and O–H groups in total. The van der Waals surface area contributed by atoms with Crippen molar-refractivity contribution in [2.45, 2.75) is 38.6 Å². The van der Waals surface area contributed by atoms with E-state index >= 15 is 0 Å². The van der Waals surface area contributed by atoms with E-state index in [1.807, 2.05) is 0 Å². The van der Waals surface area contributed by atoms with E-state index in [9.17, 15) is 0 Å². The average Bonchev–Trinajstić information content (AvgIpc) is 2.84. The summed E-state index contributed by atoms with van der Waals surface area (Å²) in [5, 5.41) is 0. The lowest BCUT2D eigenvalue weighted by atomic mass is 10.1. The molecule has 1 aromatic rings. The standard InChI is InChI=1S/C17H26N4.HI/c1-14-13-15-7-3-4-8-16(15)21(14)12-9-19-17(18)20-10-5-2-6-11-20;/h3-4,7-8,14H,2,5-6,9-13H2,1H3,(H2,18,19);1H. The highest BCUT2D eigenvalue weighted by Crippen LogP contribution is 2.31. The van der Waals surface area contributed by atoms with Crippen LogP contribution < -0.4 is 10.6 Å². The Hall–Kier alpha value is -0.980. The average molecular weight is 414 g/mol. The molecule has 0 bridgehead atoms. The zero-order valence-corrected chi connectivity index (χ0v) is 15.7. The summed E-state index contributed by atoms with van der Waals surface area (Å²) in [5.74, 6) is 0.731. The molecule has 0 aromatic heterocycles. The highest BCUT2D eigenvalue weighted by atomic mass is 127. The van der Waals surface area contributed by atoms with Crippen molar-refractivity contribution in [2.24, 2.45) is 10.7 Å². The van der Waals surface area contributed by atoms with E-state index in [0.717, 1.165) is 38.6 Å². The fraction of sp³-hybridized carbons (Fsp3) is 0.588. The van der Waals surface area contributed by atoms with Crippen molar-refractivity contribution in [3.8, 4) is 0 Å². The fourth-order valence-corrected chi connectivity index (χ4v) is 3.47. The number of fused-ring (bicyclic) bond motifs is 1. The number of aliphatic imine (C=N–C) groups is 1. The Bertz CT molecular complexity index is 511. The Kier molecular flexibility index (Phi) is 6.35. The number of halogens is 1. The molecular formula is C17H27IN4. The van der Waals surface area contributed by atoms with Gasteiger partial charge in [0.2, 0.25) is 0 Å². The zero-order chi connectivity index (χ0) is 14.7. The first kappa shape index (κ1) is 17.4. The third kappa shape index (κ3) is 3.86. The van der Waals surface area contributed by atoms with Gasteiger partial charge in [0.1, 0.15) is 0 Å². The van der Waals surface area contributed by atoms with Crippen molar-refractivity contribution < 1.29 is 0 Å². The number of hydrogen-bond donors (Lipinski definition) is 1. The van der Waals surface area contributed by atoms with Crippen molar-refractivity contribution in [3.63, 3.8) is 0 Å². The lowest BCUT2D eigenvalue weighted by molar-refractivity contribution is 0.338. The van der Waals surface area contributed by atoms with Gasteiger partial charge >= 0.3 is 0 Å². The van der Waals surface area contributed by atoms with Crippen LogP contribution in [0, 0.1) is 0 Å². The maximum Gasteiger partial charge on any atom is 0.191 e. The van der Waals surface area contributed by atoms with E-state index in [1.165, 1.54) is 30.5 Å². The zero-order valence-electron chi connectivity index (χ0n) is 13.4. The molecule has 1 unspecified atom stereocenters. The fourth-order valence-electron chi connectivity index (χ4n) is 3.47. The number of nitrogens with zero attached hydrogens (tertiary/aromatic N) is 3. The molecule has 1 saturated heterocycles. The van der Waals surface area contributed by atoms with Crippen LogP contribution in [0.3, 0.4) is 0 Å². The molecule has 122 valence electrons. The van der Waals surface area contributed by atoms with Crippen LogP contribution in [-0.2, 0) is 6.42 Å². The van der Waals surface area contributed by atoms with Crippen LogP contribution in [0.4, 0.5) is 5.69 Å². The Balaban J connectivity index is 0.00000176. The Morgan fingerprint density at radius 2 is 1.95 bits per heavy atom. The molecule has 22 heavy (non-hydrogen) atoms. The van der Waals surface area contributed by atoms with Crippen molar-refractivity contribution in [1.29, 1.82) is 0 Å². The van der Waals surface area contributed by atoms with Gasteiger partial charge in [-0.2, -0.15) is 0 Å². The Morgan fingerprint density at radius 1 is 1.23 bits per heavy atom. The Labute approximate surface area is 150 Å². The van der Waals surface area contributed by atoms with Crippen molar-refractivity contribution in [3.05, 3.63) is 29.8 Å². The van der Waals surface area contributed by atoms with E-state index in [0.29, 0.717) is 6.04 Å². The molecule has 2 aliphatic heterocycles. The van der Waals surface area contributed by atoms with Gasteiger partial charge in [0.25, 0.3) is 0 Å². The predicted molar refractivity (Wildman–Crippen MR) is 104 cm³/mol. The Morgan fingerprint density at radius 3 is 2.73 bits per heavy atom. The van der Waals surface area contributed by atoms with Gasteiger partial charge in [-0.15, -0.1) is 24.0 Å². The largest absolute Gasteiger partial charge is 0.370 e. The van der Waals surface area contributed by atoms with Crippen LogP contribution in [0.25, 0.3) is 0 Å². The number of likely N-dealkylation sites (tertiary alicyclic amines) is 1. The van der Waals surface area contributed by atoms with Crippen molar-refractivity contribution >= 4 is 35.6 Å². The molecule has 5 heteroatoms. The van der Waals surface area contributed by atoms with Gasteiger partial charge in [-0.1, -0.05) is 18.2 Å². The van der Waals surface area contributed by atoms with E-state index in [4.69, 9.17) is 5.73 Å². The van der Waals surface area contributed by atoms with E-state index in [2.05, 4.69) is 46.0 Å². The van der Waals surface area contributed by atoms with Crippen LogP contribution in [0.5, 0.6) is 0 Å². The minimum Gasteiger partial charge on any atom is -0.370 e. The lowest BCUT2D eigenvalue weighted by Crippen LogP contribution is -2.41. The third-order valence-electron chi connectivity index (χ3n) is 4.64. The minimum atomic E-state index is 0. The van der Waals surface area contributed by atoms with E-state index in [-0.39, 0.29) is 24.0 Å². The molecule has 0 saturated carbocycles. The maximum atomic E-state index is 6.12. The first-order valence-corrected chi connectivity index (χ1v) is 8.15. The van der Waals surface area contributed by atoms with E-state index < -0.39 is 0 Å².